The Morgan fingerprint density at radius 1 is 1.20 bits per heavy atom. The van der Waals surface area contributed by atoms with Crippen LogP contribution < -0.4 is 4.90 Å². The molecular weight excluding hydrogens is 316 g/mol. The normalized spacial score (nSPS) is 16.7. The Labute approximate surface area is 146 Å². The number of anilines is 1. The number of amides is 1. The molecule has 0 bridgehead atoms. The fourth-order valence-corrected chi connectivity index (χ4v) is 3.06. The number of carbonyl (C=O) groups excluding carboxylic acids is 2. The molecule has 1 aliphatic rings. The minimum Gasteiger partial charge on any atom is -0.449 e. The maximum atomic E-state index is 12.8. The Kier molecular flexibility index (Phi) is 4.53. The van der Waals surface area contributed by atoms with Gasteiger partial charge in [-0.3, -0.25) is 4.79 Å². The van der Waals surface area contributed by atoms with E-state index in [-0.39, 0.29) is 11.9 Å². The zero-order valence-corrected chi connectivity index (χ0v) is 14.1. The number of para-hydroxylation sites is 1. The van der Waals surface area contributed by atoms with E-state index in [1.807, 2.05) is 37.3 Å². The number of benzene rings is 2. The van der Waals surface area contributed by atoms with Crippen LogP contribution in [0.2, 0.25) is 0 Å². The van der Waals surface area contributed by atoms with Crippen molar-refractivity contribution in [3.05, 3.63) is 65.2 Å². The van der Waals surface area contributed by atoms with Crippen LogP contribution >= 0.6 is 0 Å². The zero-order valence-electron chi connectivity index (χ0n) is 14.1. The summed E-state index contributed by atoms with van der Waals surface area (Å²) >= 11 is 0. The van der Waals surface area contributed by atoms with Gasteiger partial charge in [0.2, 0.25) is 0 Å². The molecule has 25 heavy (non-hydrogen) atoms. The number of fused-ring (bicyclic) bond motifs is 1. The number of nitriles is 1. The van der Waals surface area contributed by atoms with Crippen LogP contribution in [0.15, 0.2) is 48.5 Å². The zero-order chi connectivity index (χ0) is 18.0. The van der Waals surface area contributed by atoms with Gasteiger partial charge in [-0.1, -0.05) is 18.2 Å². The molecule has 0 saturated heterocycles. The number of hydrogen-bond acceptors (Lipinski definition) is 4. The lowest BCUT2D eigenvalue weighted by Crippen LogP contribution is -2.43. The smallest absolute Gasteiger partial charge is 0.338 e. The summed E-state index contributed by atoms with van der Waals surface area (Å²) in [5, 5.41) is 8.80. The number of nitrogens with zero attached hydrogens (tertiary/aromatic N) is 2. The summed E-state index contributed by atoms with van der Waals surface area (Å²) in [5.74, 6) is -0.815. The van der Waals surface area contributed by atoms with Crippen LogP contribution in [0.5, 0.6) is 0 Å². The van der Waals surface area contributed by atoms with Crippen molar-refractivity contribution in [2.24, 2.45) is 0 Å². The van der Waals surface area contributed by atoms with Gasteiger partial charge < -0.3 is 9.64 Å². The van der Waals surface area contributed by atoms with Crippen molar-refractivity contribution in [2.45, 2.75) is 32.4 Å². The minimum atomic E-state index is -0.892. The lowest BCUT2D eigenvalue weighted by molar-refractivity contribution is -0.126. The topological polar surface area (TPSA) is 70.4 Å². The summed E-state index contributed by atoms with van der Waals surface area (Å²) in [4.78, 5) is 26.7. The summed E-state index contributed by atoms with van der Waals surface area (Å²) in [6.07, 6.45) is -0.102. The van der Waals surface area contributed by atoms with Gasteiger partial charge in [0.05, 0.1) is 17.2 Å². The molecule has 1 heterocycles. The first-order valence-electron chi connectivity index (χ1n) is 8.13. The standard InChI is InChI=1S/C20H18N2O3/c1-13-11-17-5-3-4-6-18(17)22(13)19(23)14(2)25-20(24)16-9-7-15(12-21)8-10-16/h3-10,13-14H,11H2,1-2H3/t13-,14+/m0/s1. The minimum absolute atomic E-state index is 0.0287. The first-order chi connectivity index (χ1) is 12.0. The van der Waals surface area contributed by atoms with Crippen LogP contribution in [0.1, 0.15) is 35.3 Å². The van der Waals surface area contributed by atoms with Gasteiger partial charge >= 0.3 is 5.97 Å². The fraction of sp³-hybridized carbons (Fsp3) is 0.250. The van der Waals surface area contributed by atoms with Crippen LogP contribution in [0.25, 0.3) is 0 Å². The average molecular weight is 334 g/mol. The van der Waals surface area contributed by atoms with E-state index >= 15 is 0 Å². The van der Waals surface area contributed by atoms with Gasteiger partial charge in [0.25, 0.3) is 5.91 Å². The maximum Gasteiger partial charge on any atom is 0.338 e. The molecule has 0 saturated carbocycles. The Bertz CT molecular complexity index is 852. The van der Waals surface area contributed by atoms with Gasteiger partial charge in [-0.05, 0) is 56.2 Å². The third kappa shape index (κ3) is 3.24. The monoisotopic (exact) mass is 334 g/mol. The number of hydrogen-bond donors (Lipinski definition) is 0. The Hall–Kier alpha value is -3.13. The molecule has 5 heteroatoms. The predicted octanol–water partition coefficient (Wildman–Crippen LogP) is 3.08. The summed E-state index contributed by atoms with van der Waals surface area (Å²) in [6.45, 7) is 3.56. The highest BCUT2D eigenvalue weighted by atomic mass is 16.5. The lowest BCUT2D eigenvalue weighted by Gasteiger charge is -2.25. The molecule has 1 aliphatic heterocycles. The molecule has 1 amide bonds. The van der Waals surface area contributed by atoms with Gasteiger partial charge in [-0.2, -0.15) is 5.26 Å². The molecule has 5 nitrogen and oxygen atoms in total. The van der Waals surface area contributed by atoms with E-state index < -0.39 is 12.1 Å². The van der Waals surface area contributed by atoms with Gasteiger partial charge in [0.1, 0.15) is 0 Å². The molecule has 0 unspecified atom stereocenters. The first-order valence-corrected chi connectivity index (χ1v) is 8.13. The van der Waals surface area contributed by atoms with E-state index in [1.165, 1.54) is 12.1 Å². The van der Waals surface area contributed by atoms with E-state index in [0.29, 0.717) is 11.1 Å². The van der Waals surface area contributed by atoms with Gasteiger partial charge in [-0.15, -0.1) is 0 Å². The van der Waals surface area contributed by atoms with Crippen molar-refractivity contribution < 1.29 is 14.3 Å². The van der Waals surface area contributed by atoms with E-state index in [9.17, 15) is 9.59 Å². The molecule has 0 N–H and O–H groups in total. The third-order valence-corrected chi connectivity index (χ3v) is 4.33. The maximum absolute atomic E-state index is 12.8. The van der Waals surface area contributed by atoms with Crippen LogP contribution in [0, 0.1) is 11.3 Å². The molecule has 126 valence electrons. The molecule has 2 atom stereocenters. The second kappa shape index (κ2) is 6.78. The van der Waals surface area contributed by atoms with Crippen molar-refractivity contribution in [2.75, 3.05) is 4.90 Å². The van der Waals surface area contributed by atoms with Crippen molar-refractivity contribution in [3.8, 4) is 6.07 Å². The van der Waals surface area contributed by atoms with Crippen molar-refractivity contribution in [1.82, 2.24) is 0 Å². The van der Waals surface area contributed by atoms with Gasteiger partial charge in [0, 0.05) is 11.7 Å². The molecule has 3 rings (SSSR count). The molecular formula is C20H18N2O3. The average Bonchev–Trinajstić information content (AvgIpc) is 2.96. The van der Waals surface area contributed by atoms with Crippen molar-refractivity contribution in [1.29, 1.82) is 5.26 Å². The number of ether oxygens (including phenoxy) is 1. The Balaban J connectivity index is 1.72. The SMILES string of the molecule is C[C@@H](OC(=O)c1ccc(C#N)cc1)C(=O)N1c2ccccc2C[C@@H]1C. The van der Waals surface area contributed by atoms with Crippen molar-refractivity contribution >= 4 is 17.6 Å². The highest BCUT2D eigenvalue weighted by molar-refractivity contribution is 6.00. The van der Waals surface area contributed by atoms with Crippen molar-refractivity contribution in [3.63, 3.8) is 0 Å². The summed E-state index contributed by atoms with van der Waals surface area (Å²) in [6, 6.07) is 15.9. The molecule has 0 fully saturated rings. The number of rotatable bonds is 3. The van der Waals surface area contributed by atoms with E-state index in [0.717, 1.165) is 17.7 Å². The van der Waals surface area contributed by atoms with Crippen LogP contribution in [-0.4, -0.2) is 24.0 Å². The highest BCUT2D eigenvalue weighted by Crippen LogP contribution is 2.32. The quantitative estimate of drug-likeness (QED) is 0.809. The van der Waals surface area contributed by atoms with Crippen LogP contribution in [0.3, 0.4) is 0 Å². The van der Waals surface area contributed by atoms with Gasteiger partial charge in [0.15, 0.2) is 6.10 Å². The van der Waals surface area contributed by atoms with Crippen LogP contribution in [0.4, 0.5) is 5.69 Å². The highest BCUT2D eigenvalue weighted by Gasteiger charge is 2.34. The van der Waals surface area contributed by atoms with E-state index in [2.05, 4.69) is 0 Å². The molecule has 0 radical (unpaired) electrons. The second-order valence-corrected chi connectivity index (χ2v) is 6.13. The van der Waals surface area contributed by atoms with E-state index in [1.54, 1.807) is 24.0 Å². The second-order valence-electron chi connectivity index (χ2n) is 6.13. The number of esters is 1. The lowest BCUT2D eigenvalue weighted by atomic mass is 10.1. The predicted molar refractivity (Wildman–Crippen MR) is 93.1 cm³/mol. The van der Waals surface area contributed by atoms with E-state index in [4.69, 9.17) is 10.00 Å². The third-order valence-electron chi connectivity index (χ3n) is 4.33. The Morgan fingerprint density at radius 3 is 2.56 bits per heavy atom. The fourth-order valence-electron chi connectivity index (χ4n) is 3.06. The van der Waals surface area contributed by atoms with Gasteiger partial charge in [-0.25, -0.2) is 4.79 Å². The summed E-state index contributed by atoms with van der Waals surface area (Å²) in [5.41, 5.74) is 2.77. The molecule has 2 aromatic rings. The summed E-state index contributed by atoms with van der Waals surface area (Å²) in [7, 11) is 0. The van der Waals surface area contributed by atoms with Crippen LogP contribution in [-0.2, 0) is 16.0 Å². The largest absolute Gasteiger partial charge is 0.449 e. The first kappa shape index (κ1) is 16.7. The molecule has 0 aliphatic carbocycles. The summed E-state index contributed by atoms with van der Waals surface area (Å²) < 4.78 is 5.33. The Morgan fingerprint density at radius 2 is 1.88 bits per heavy atom. The molecule has 0 spiro atoms. The molecule has 2 aromatic carbocycles. The molecule has 0 aromatic heterocycles. The number of carbonyl (C=O) groups is 2.